The van der Waals surface area contributed by atoms with E-state index in [0.29, 0.717) is 5.02 Å². The second kappa shape index (κ2) is 6.86. The van der Waals surface area contributed by atoms with Gasteiger partial charge < -0.3 is 15.7 Å². The van der Waals surface area contributed by atoms with E-state index in [4.69, 9.17) is 11.6 Å². The van der Waals surface area contributed by atoms with E-state index < -0.39 is 35.7 Å². The molecule has 3 rings (SSSR count). The molecule has 1 fully saturated rings. The van der Waals surface area contributed by atoms with Crippen molar-refractivity contribution in [2.24, 2.45) is 5.92 Å². The minimum absolute atomic E-state index is 0.0778. The number of ketones is 1. The van der Waals surface area contributed by atoms with Crippen LogP contribution in [0.15, 0.2) is 54.6 Å². The monoisotopic (exact) mass is 398 g/mol. The van der Waals surface area contributed by atoms with Gasteiger partial charge in [-0.3, -0.25) is 4.79 Å². The van der Waals surface area contributed by atoms with Crippen LogP contribution in [0.2, 0.25) is 5.02 Å². The maximum Gasteiger partial charge on any atom is 0.437 e. The van der Waals surface area contributed by atoms with Crippen LogP contribution in [-0.4, -0.2) is 28.8 Å². The summed E-state index contributed by atoms with van der Waals surface area (Å²) in [5.41, 5.74) is -3.57. The van der Waals surface area contributed by atoms with Crippen molar-refractivity contribution in [3.8, 4) is 0 Å². The maximum absolute atomic E-state index is 13.7. The summed E-state index contributed by atoms with van der Waals surface area (Å²) < 4.78 is 41.1. The van der Waals surface area contributed by atoms with Gasteiger partial charge in [0, 0.05) is 10.6 Å². The number of hydrogen-bond donors (Lipinski definition) is 3. The lowest BCUT2D eigenvalue weighted by Crippen LogP contribution is -2.72. The van der Waals surface area contributed by atoms with E-state index in [1.165, 1.54) is 41.7 Å². The number of alkyl halides is 3. The molecule has 27 heavy (non-hydrogen) atoms. The van der Waals surface area contributed by atoms with Gasteiger partial charge in [0.25, 0.3) is 0 Å². The molecule has 5 nitrogen and oxygen atoms in total. The zero-order valence-electron chi connectivity index (χ0n) is 13.6. The highest BCUT2D eigenvalue weighted by Crippen LogP contribution is 2.43. The number of urea groups is 1. The number of rotatable bonds is 3. The Hall–Kier alpha value is -2.58. The SMILES string of the molecule is O=C1N[C@@H](c2ccccc2)[C@@H](C(=O)c2ccc(Cl)cc2)[C@](O)(C(F)(F)F)N1. The molecule has 2 aromatic rings. The van der Waals surface area contributed by atoms with Crippen LogP contribution in [0.5, 0.6) is 0 Å². The zero-order valence-corrected chi connectivity index (χ0v) is 14.4. The van der Waals surface area contributed by atoms with E-state index in [0.717, 1.165) is 0 Å². The van der Waals surface area contributed by atoms with E-state index >= 15 is 0 Å². The number of hydrogen-bond acceptors (Lipinski definition) is 3. The highest BCUT2D eigenvalue weighted by molar-refractivity contribution is 6.30. The number of amides is 2. The predicted octanol–water partition coefficient (Wildman–Crippen LogP) is 3.44. The van der Waals surface area contributed by atoms with Gasteiger partial charge in [-0.05, 0) is 29.8 Å². The second-order valence-electron chi connectivity index (χ2n) is 6.10. The van der Waals surface area contributed by atoms with E-state index in [2.05, 4.69) is 5.32 Å². The Morgan fingerprint density at radius 3 is 2.22 bits per heavy atom. The quantitative estimate of drug-likeness (QED) is 0.693. The summed E-state index contributed by atoms with van der Waals surface area (Å²) in [7, 11) is 0. The standard InChI is InChI=1S/C18H14ClF3N2O3/c19-12-8-6-11(7-9-12)15(25)13-14(10-4-2-1-3-5-10)23-16(26)24-17(13,27)18(20,21)22/h1-9,13-14,27H,(H2,23,24,26)/t13-,14-,17-/m0/s1. The molecule has 3 atom stereocenters. The normalized spacial score (nSPS) is 25.4. The fraction of sp³-hybridized carbons (Fsp3) is 0.222. The lowest BCUT2D eigenvalue weighted by molar-refractivity contribution is -0.287. The Bertz CT molecular complexity index is 858. The first kappa shape index (κ1) is 19.2. The van der Waals surface area contributed by atoms with Crippen LogP contribution in [0.4, 0.5) is 18.0 Å². The van der Waals surface area contributed by atoms with E-state index in [1.54, 1.807) is 18.2 Å². The molecular weight excluding hydrogens is 385 g/mol. The Morgan fingerprint density at radius 1 is 1.07 bits per heavy atom. The minimum Gasteiger partial charge on any atom is -0.363 e. The van der Waals surface area contributed by atoms with E-state index in [9.17, 15) is 27.9 Å². The van der Waals surface area contributed by atoms with Crippen LogP contribution in [0.25, 0.3) is 0 Å². The van der Waals surface area contributed by atoms with Crippen LogP contribution < -0.4 is 10.6 Å². The third kappa shape index (κ3) is 3.50. The maximum atomic E-state index is 13.7. The van der Waals surface area contributed by atoms with Crippen molar-refractivity contribution >= 4 is 23.4 Å². The molecule has 1 aliphatic rings. The van der Waals surface area contributed by atoms with E-state index in [-0.39, 0.29) is 11.1 Å². The number of Topliss-reactive ketones (excluding diaryl/α,β-unsaturated/α-hetero) is 1. The van der Waals surface area contributed by atoms with Crippen LogP contribution in [0.3, 0.4) is 0 Å². The zero-order chi connectivity index (χ0) is 19.8. The topological polar surface area (TPSA) is 78.4 Å². The van der Waals surface area contributed by atoms with Crippen molar-refractivity contribution in [2.45, 2.75) is 17.9 Å². The van der Waals surface area contributed by atoms with Crippen molar-refractivity contribution in [1.82, 2.24) is 10.6 Å². The first-order valence-electron chi connectivity index (χ1n) is 7.86. The van der Waals surface area contributed by atoms with Crippen LogP contribution in [0, 0.1) is 5.92 Å². The molecule has 1 aliphatic heterocycles. The molecule has 9 heteroatoms. The third-order valence-corrected chi connectivity index (χ3v) is 4.63. The molecule has 0 aliphatic carbocycles. The molecule has 0 radical (unpaired) electrons. The Labute approximate surface area is 157 Å². The molecule has 1 heterocycles. The lowest BCUT2D eigenvalue weighted by atomic mass is 9.77. The second-order valence-corrected chi connectivity index (χ2v) is 6.54. The van der Waals surface area contributed by atoms with Gasteiger partial charge in [-0.25, -0.2) is 4.79 Å². The molecule has 0 bridgehead atoms. The number of halogens is 4. The molecule has 142 valence electrons. The van der Waals surface area contributed by atoms with Gasteiger partial charge in [0.05, 0.1) is 6.04 Å². The number of aliphatic hydroxyl groups is 1. The number of carbonyl (C=O) groups excluding carboxylic acids is 2. The predicted molar refractivity (Wildman–Crippen MR) is 91.1 cm³/mol. The number of carbonyl (C=O) groups is 2. The molecule has 2 aromatic carbocycles. The molecule has 0 unspecified atom stereocenters. The van der Waals surface area contributed by atoms with Crippen molar-refractivity contribution < 1.29 is 27.9 Å². The summed E-state index contributed by atoms with van der Waals surface area (Å²) in [5.74, 6) is -3.05. The van der Waals surface area contributed by atoms with Crippen molar-refractivity contribution in [3.63, 3.8) is 0 Å². The summed E-state index contributed by atoms with van der Waals surface area (Å²) in [5, 5.41) is 14.5. The summed E-state index contributed by atoms with van der Waals surface area (Å²) in [4.78, 5) is 24.8. The van der Waals surface area contributed by atoms with Crippen LogP contribution in [-0.2, 0) is 0 Å². The number of nitrogens with one attached hydrogen (secondary N) is 2. The fourth-order valence-electron chi connectivity index (χ4n) is 3.07. The van der Waals surface area contributed by atoms with Gasteiger partial charge in [-0.2, -0.15) is 13.2 Å². The van der Waals surface area contributed by atoms with Gasteiger partial charge in [-0.1, -0.05) is 41.9 Å². The van der Waals surface area contributed by atoms with Crippen molar-refractivity contribution in [3.05, 3.63) is 70.7 Å². The van der Waals surface area contributed by atoms with Crippen molar-refractivity contribution in [2.75, 3.05) is 0 Å². The van der Waals surface area contributed by atoms with Gasteiger partial charge in [-0.15, -0.1) is 0 Å². The summed E-state index contributed by atoms with van der Waals surface area (Å²) >= 11 is 5.76. The van der Waals surface area contributed by atoms with Gasteiger partial charge in [0.15, 0.2) is 5.78 Å². The van der Waals surface area contributed by atoms with E-state index in [1.807, 2.05) is 0 Å². The summed E-state index contributed by atoms with van der Waals surface area (Å²) in [6.45, 7) is 0. The molecule has 0 aromatic heterocycles. The first-order valence-corrected chi connectivity index (χ1v) is 8.24. The van der Waals surface area contributed by atoms with Gasteiger partial charge in [0.1, 0.15) is 5.92 Å². The number of benzene rings is 2. The average Bonchev–Trinajstić information content (AvgIpc) is 2.61. The molecule has 2 amide bonds. The van der Waals surface area contributed by atoms with Crippen molar-refractivity contribution in [1.29, 1.82) is 0 Å². The Balaban J connectivity index is 2.15. The summed E-state index contributed by atoms with van der Waals surface area (Å²) in [6, 6.07) is 10.3. The van der Waals surface area contributed by atoms with Gasteiger partial charge >= 0.3 is 12.2 Å². The highest BCUT2D eigenvalue weighted by Gasteiger charge is 2.66. The average molecular weight is 399 g/mol. The molecule has 0 spiro atoms. The third-order valence-electron chi connectivity index (χ3n) is 4.38. The first-order chi connectivity index (χ1) is 12.6. The highest BCUT2D eigenvalue weighted by atomic mass is 35.5. The Kier molecular flexibility index (Phi) is 4.88. The molecule has 0 saturated carbocycles. The molecular formula is C18H14ClF3N2O3. The van der Waals surface area contributed by atoms with Crippen LogP contribution >= 0.6 is 11.6 Å². The smallest absolute Gasteiger partial charge is 0.363 e. The molecule has 1 saturated heterocycles. The molecule has 3 N–H and O–H groups in total. The lowest BCUT2D eigenvalue weighted by Gasteiger charge is -2.45. The van der Waals surface area contributed by atoms with Gasteiger partial charge in [0.2, 0.25) is 5.72 Å². The largest absolute Gasteiger partial charge is 0.437 e. The Morgan fingerprint density at radius 2 is 1.67 bits per heavy atom. The van der Waals surface area contributed by atoms with Crippen LogP contribution in [0.1, 0.15) is 22.0 Å². The fourth-order valence-corrected chi connectivity index (χ4v) is 3.20. The minimum atomic E-state index is -5.29. The summed E-state index contributed by atoms with van der Waals surface area (Å²) in [6.07, 6.45) is -5.29.